The van der Waals surface area contributed by atoms with E-state index in [2.05, 4.69) is 31.3 Å². The highest BCUT2D eigenvalue weighted by Crippen LogP contribution is 2.30. The molecule has 0 radical (unpaired) electrons. The molecule has 2 saturated heterocycles. The summed E-state index contributed by atoms with van der Waals surface area (Å²) >= 11 is 0. The second-order valence-electron chi connectivity index (χ2n) is 17.2. The van der Waals surface area contributed by atoms with E-state index in [0.717, 1.165) is 32.1 Å². The summed E-state index contributed by atoms with van der Waals surface area (Å²) in [5.74, 6) is -0.250. The Bertz CT molecular complexity index is 1130. The van der Waals surface area contributed by atoms with Crippen molar-refractivity contribution in [2.45, 2.75) is 248 Å². The summed E-state index contributed by atoms with van der Waals surface area (Å²) in [7, 11) is 0. The molecule has 2 heterocycles. The fraction of sp³-hybridized carbons (Fsp3) is 0.894. The van der Waals surface area contributed by atoms with Crippen LogP contribution in [0, 0.1) is 0 Å². The molecule has 2 rings (SSSR count). The summed E-state index contributed by atoms with van der Waals surface area (Å²) in [6, 6.07) is -0.924. The molecule has 0 saturated carbocycles. The van der Waals surface area contributed by atoms with Crippen molar-refractivity contribution in [1.82, 2.24) is 5.32 Å². The third kappa shape index (κ3) is 22.8. The van der Waals surface area contributed by atoms with Crippen molar-refractivity contribution >= 4 is 5.91 Å². The van der Waals surface area contributed by atoms with E-state index < -0.39 is 86.8 Å². The van der Waals surface area contributed by atoms with Gasteiger partial charge in [0.25, 0.3) is 0 Å². The van der Waals surface area contributed by atoms with E-state index in [1.54, 1.807) is 6.08 Å². The fourth-order valence-corrected chi connectivity index (χ4v) is 7.89. The number of nitrogens with one attached hydrogen (secondary N) is 1. The van der Waals surface area contributed by atoms with Gasteiger partial charge in [0.1, 0.15) is 48.8 Å². The van der Waals surface area contributed by atoms with Crippen molar-refractivity contribution in [3.63, 3.8) is 0 Å². The highest BCUT2D eigenvalue weighted by atomic mass is 16.7. The van der Waals surface area contributed by atoms with Crippen molar-refractivity contribution in [2.24, 2.45) is 0 Å². The molecule has 0 aromatic rings. The van der Waals surface area contributed by atoms with Crippen LogP contribution in [-0.2, 0) is 23.7 Å². The molecular formula is C47H87NO13. The second kappa shape index (κ2) is 34.8. The fourth-order valence-electron chi connectivity index (χ4n) is 7.89. The predicted molar refractivity (Wildman–Crippen MR) is 235 cm³/mol. The van der Waals surface area contributed by atoms with Gasteiger partial charge in [-0.25, -0.2) is 0 Å². The van der Waals surface area contributed by atoms with E-state index in [1.807, 2.05) is 6.08 Å². The smallest absolute Gasteiger partial charge is 0.220 e. The lowest BCUT2D eigenvalue weighted by Crippen LogP contribution is -2.65. The average molecular weight is 874 g/mol. The van der Waals surface area contributed by atoms with Crippen molar-refractivity contribution in [2.75, 3.05) is 19.8 Å². The number of amides is 1. The minimum absolute atomic E-state index is 0.250. The van der Waals surface area contributed by atoms with E-state index in [4.69, 9.17) is 18.9 Å². The molecule has 1 amide bonds. The van der Waals surface area contributed by atoms with Crippen LogP contribution in [0.2, 0.25) is 0 Å². The van der Waals surface area contributed by atoms with Crippen molar-refractivity contribution in [3.8, 4) is 0 Å². The van der Waals surface area contributed by atoms with Gasteiger partial charge in [0.05, 0.1) is 32.0 Å². The Balaban J connectivity index is 1.89. The Morgan fingerprint density at radius 2 is 1.05 bits per heavy atom. The molecule has 2 fully saturated rings. The van der Waals surface area contributed by atoms with Gasteiger partial charge in [-0.3, -0.25) is 4.79 Å². The molecule has 9 N–H and O–H groups in total. The molecule has 14 nitrogen and oxygen atoms in total. The van der Waals surface area contributed by atoms with Gasteiger partial charge >= 0.3 is 0 Å². The molecule has 12 unspecified atom stereocenters. The first-order valence-corrected chi connectivity index (χ1v) is 24.1. The highest BCUT2D eigenvalue weighted by molar-refractivity contribution is 5.76. The largest absolute Gasteiger partial charge is 0.394 e. The maximum Gasteiger partial charge on any atom is 0.220 e. The third-order valence-electron chi connectivity index (χ3n) is 11.9. The number of ether oxygens (including phenoxy) is 4. The molecule has 2 aliphatic rings. The van der Waals surface area contributed by atoms with Gasteiger partial charge in [0.2, 0.25) is 5.91 Å². The van der Waals surface area contributed by atoms with E-state index in [0.29, 0.717) is 12.8 Å². The Kier molecular flexibility index (Phi) is 31.7. The predicted octanol–water partition coefficient (Wildman–Crippen LogP) is 5.38. The van der Waals surface area contributed by atoms with Crippen LogP contribution in [0.4, 0.5) is 0 Å². The van der Waals surface area contributed by atoms with Crippen LogP contribution < -0.4 is 5.32 Å². The number of hydrogen-bond donors (Lipinski definition) is 9. The van der Waals surface area contributed by atoms with Gasteiger partial charge in [-0.05, 0) is 32.1 Å². The van der Waals surface area contributed by atoms with Gasteiger partial charge in [-0.2, -0.15) is 0 Å². The summed E-state index contributed by atoms with van der Waals surface area (Å²) in [5, 5.41) is 86.5. The molecule has 61 heavy (non-hydrogen) atoms. The lowest BCUT2D eigenvalue weighted by molar-refractivity contribution is -0.359. The van der Waals surface area contributed by atoms with Crippen LogP contribution in [0.15, 0.2) is 24.3 Å². The van der Waals surface area contributed by atoms with Crippen molar-refractivity contribution < 1.29 is 64.6 Å². The van der Waals surface area contributed by atoms with E-state index in [-0.39, 0.29) is 18.9 Å². The summed E-state index contributed by atoms with van der Waals surface area (Å²) in [5.41, 5.74) is 0. The average Bonchev–Trinajstić information content (AvgIpc) is 3.26. The zero-order chi connectivity index (χ0) is 44.7. The molecule has 2 aliphatic heterocycles. The number of unbranched alkanes of at least 4 members (excludes halogenated alkanes) is 21. The van der Waals surface area contributed by atoms with Crippen LogP contribution in [0.3, 0.4) is 0 Å². The quantitative estimate of drug-likeness (QED) is 0.0285. The molecule has 0 aromatic heterocycles. The van der Waals surface area contributed by atoms with Crippen LogP contribution in [-0.4, -0.2) is 140 Å². The van der Waals surface area contributed by atoms with Crippen molar-refractivity contribution in [3.05, 3.63) is 24.3 Å². The molecule has 0 spiro atoms. The Hall–Kier alpha value is -1.53. The van der Waals surface area contributed by atoms with Crippen LogP contribution >= 0.6 is 0 Å². The molecule has 358 valence electrons. The van der Waals surface area contributed by atoms with Crippen LogP contribution in [0.5, 0.6) is 0 Å². The number of aliphatic hydroxyl groups excluding tert-OH is 8. The maximum atomic E-state index is 13.1. The second-order valence-corrected chi connectivity index (χ2v) is 17.2. The van der Waals surface area contributed by atoms with Crippen LogP contribution in [0.25, 0.3) is 0 Å². The first-order chi connectivity index (χ1) is 29.6. The zero-order valence-electron chi connectivity index (χ0n) is 37.7. The number of rotatable bonds is 36. The Labute approximate surface area is 367 Å². The monoisotopic (exact) mass is 874 g/mol. The van der Waals surface area contributed by atoms with E-state index in [1.165, 1.54) is 109 Å². The lowest BCUT2D eigenvalue weighted by atomic mass is 9.97. The van der Waals surface area contributed by atoms with E-state index in [9.17, 15) is 45.6 Å². The molecule has 0 aromatic carbocycles. The minimum Gasteiger partial charge on any atom is -0.394 e. The number of allylic oxidation sites excluding steroid dienone is 3. The first kappa shape index (κ1) is 55.6. The van der Waals surface area contributed by atoms with Gasteiger partial charge in [-0.15, -0.1) is 0 Å². The van der Waals surface area contributed by atoms with Gasteiger partial charge in [0.15, 0.2) is 12.6 Å². The first-order valence-electron chi connectivity index (χ1n) is 24.1. The SMILES string of the molecule is CCCCCCCC/C=C/CC/C=C/C(O)C(COC1OC(CO)C(OC2OC(CO)C(O)C(O)C2O)C(O)C1O)NC(=O)CCCCCCCCCCCCCCCCC. The van der Waals surface area contributed by atoms with Gasteiger partial charge in [0, 0.05) is 6.42 Å². The Morgan fingerprint density at radius 1 is 0.574 bits per heavy atom. The molecule has 14 heteroatoms. The number of aliphatic hydroxyl groups is 8. The summed E-state index contributed by atoms with van der Waals surface area (Å²) in [6.07, 6.45) is 19.4. The minimum atomic E-state index is -1.79. The van der Waals surface area contributed by atoms with Gasteiger partial charge < -0.3 is 65.1 Å². The molecule has 0 bridgehead atoms. The van der Waals surface area contributed by atoms with Crippen LogP contribution in [0.1, 0.15) is 174 Å². The maximum absolute atomic E-state index is 13.1. The number of carbonyl (C=O) groups excluding carboxylic acids is 1. The summed E-state index contributed by atoms with van der Waals surface area (Å²) in [6.45, 7) is 2.74. The summed E-state index contributed by atoms with van der Waals surface area (Å²) in [4.78, 5) is 13.1. The van der Waals surface area contributed by atoms with E-state index >= 15 is 0 Å². The van der Waals surface area contributed by atoms with Crippen molar-refractivity contribution in [1.29, 1.82) is 0 Å². The highest BCUT2D eigenvalue weighted by Gasteiger charge is 2.51. The lowest BCUT2D eigenvalue weighted by Gasteiger charge is -2.46. The Morgan fingerprint density at radius 3 is 1.61 bits per heavy atom. The molecule has 0 aliphatic carbocycles. The topological polar surface area (TPSA) is 228 Å². The summed E-state index contributed by atoms with van der Waals surface area (Å²) < 4.78 is 22.6. The number of carbonyl (C=O) groups is 1. The van der Waals surface area contributed by atoms with Gasteiger partial charge in [-0.1, -0.05) is 160 Å². The molecule has 12 atom stereocenters. The number of hydrogen-bond acceptors (Lipinski definition) is 13. The zero-order valence-corrected chi connectivity index (χ0v) is 37.7. The molecular weight excluding hydrogens is 787 g/mol. The standard InChI is InChI=1S/C47H87NO13/c1-3-5-7-9-11-13-15-17-18-19-21-23-25-27-29-31-39(52)48-35(36(51)30-28-26-24-22-20-16-14-12-10-8-6-4-2)34-58-46-44(57)42(55)45(38(33-50)60-46)61-47-43(56)41(54)40(53)37(32-49)59-47/h20,22,28,30,35-38,40-47,49-51,53-57H,3-19,21,23-27,29,31-34H2,1-2H3,(H,48,52)/b22-20+,30-28+. The third-order valence-corrected chi connectivity index (χ3v) is 11.9. The normalized spacial score (nSPS) is 28.2.